The number of hydrogen-bond acceptors (Lipinski definition) is 3. The Labute approximate surface area is 98.7 Å². The van der Waals surface area contributed by atoms with E-state index in [1.807, 2.05) is 20.8 Å². The maximum Gasteiger partial charge on any atom is 0.407 e. The van der Waals surface area contributed by atoms with Gasteiger partial charge in [0.05, 0.1) is 12.6 Å². The topological polar surface area (TPSA) is 47.6 Å². The molecular weight excluding hydrogens is 206 g/mol. The number of alkyl carbamates (subject to hydrolysis) is 1. The van der Waals surface area contributed by atoms with Crippen molar-refractivity contribution in [1.82, 2.24) is 5.32 Å². The second-order valence-corrected chi connectivity index (χ2v) is 5.43. The molecule has 0 saturated heterocycles. The van der Waals surface area contributed by atoms with Crippen LogP contribution in [0.25, 0.3) is 0 Å². The van der Waals surface area contributed by atoms with Crippen LogP contribution in [0.4, 0.5) is 4.79 Å². The standard InChI is InChI=1S/C12H25NO3/c1-9(2)7-10(8-15-6)13-11(14)16-12(3,4)5/h9-10H,7-8H2,1-6H3,(H,13,14)/t10-/m1/s1. The van der Waals surface area contributed by atoms with Gasteiger partial charge in [-0.05, 0) is 33.1 Å². The molecule has 1 N–H and O–H groups in total. The fourth-order valence-electron chi connectivity index (χ4n) is 1.41. The Bertz CT molecular complexity index is 209. The molecule has 4 nitrogen and oxygen atoms in total. The van der Waals surface area contributed by atoms with Crippen LogP contribution < -0.4 is 5.32 Å². The lowest BCUT2D eigenvalue weighted by Crippen LogP contribution is -2.42. The fourth-order valence-corrected chi connectivity index (χ4v) is 1.41. The molecule has 0 spiro atoms. The highest BCUT2D eigenvalue weighted by molar-refractivity contribution is 5.68. The van der Waals surface area contributed by atoms with Crippen LogP contribution >= 0.6 is 0 Å². The first-order valence-corrected chi connectivity index (χ1v) is 5.73. The Balaban J connectivity index is 4.12. The van der Waals surface area contributed by atoms with Gasteiger partial charge in [0.1, 0.15) is 5.60 Å². The van der Waals surface area contributed by atoms with Crippen molar-refractivity contribution < 1.29 is 14.3 Å². The summed E-state index contributed by atoms with van der Waals surface area (Å²) in [7, 11) is 1.63. The minimum atomic E-state index is -0.459. The predicted octanol–water partition coefficient (Wildman–Crippen LogP) is 2.57. The number of rotatable bonds is 5. The van der Waals surface area contributed by atoms with E-state index < -0.39 is 5.60 Å². The van der Waals surface area contributed by atoms with Gasteiger partial charge in [-0.15, -0.1) is 0 Å². The average Bonchev–Trinajstić information content (AvgIpc) is 1.98. The third-order valence-corrected chi connectivity index (χ3v) is 1.84. The molecule has 0 aromatic heterocycles. The molecule has 1 amide bonds. The summed E-state index contributed by atoms with van der Waals surface area (Å²) >= 11 is 0. The van der Waals surface area contributed by atoms with Gasteiger partial charge in [0.25, 0.3) is 0 Å². The summed E-state index contributed by atoms with van der Waals surface area (Å²) in [6.07, 6.45) is 0.503. The summed E-state index contributed by atoms with van der Waals surface area (Å²) in [6, 6.07) is 0.0137. The lowest BCUT2D eigenvalue weighted by molar-refractivity contribution is 0.0458. The van der Waals surface area contributed by atoms with Crippen molar-refractivity contribution in [1.29, 1.82) is 0 Å². The van der Waals surface area contributed by atoms with Crippen LogP contribution in [0.1, 0.15) is 41.0 Å². The van der Waals surface area contributed by atoms with E-state index >= 15 is 0 Å². The van der Waals surface area contributed by atoms with Crippen LogP contribution in [0.5, 0.6) is 0 Å². The van der Waals surface area contributed by atoms with Gasteiger partial charge in [-0.2, -0.15) is 0 Å². The molecule has 0 heterocycles. The van der Waals surface area contributed by atoms with Crippen molar-refractivity contribution in [3.8, 4) is 0 Å². The molecular formula is C12H25NO3. The quantitative estimate of drug-likeness (QED) is 0.791. The summed E-state index contributed by atoms with van der Waals surface area (Å²) < 4.78 is 10.3. The van der Waals surface area contributed by atoms with Crippen LogP contribution in [0.2, 0.25) is 0 Å². The van der Waals surface area contributed by atoms with E-state index in [0.717, 1.165) is 6.42 Å². The van der Waals surface area contributed by atoms with E-state index in [1.54, 1.807) is 7.11 Å². The molecule has 0 aliphatic rings. The average molecular weight is 231 g/mol. The maximum absolute atomic E-state index is 11.5. The number of nitrogens with one attached hydrogen (secondary N) is 1. The van der Waals surface area contributed by atoms with Crippen LogP contribution in [0.15, 0.2) is 0 Å². The number of hydrogen-bond donors (Lipinski definition) is 1. The second kappa shape index (κ2) is 6.74. The maximum atomic E-state index is 11.5. The highest BCUT2D eigenvalue weighted by atomic mass is 16.6. The summed E-state index contributed by atoms with van der Waals surface area (Å²) in [5.74, 6) is 0.509. The molecule has 0 aromatic rings. The molecule has 96 valence electrons. The van der Waals surface area contributed by atoms with Gasteiger partial charge >= 0.3 is 6.09 Å². The van der Waals surface area contributed by atoms with Gasteiger partial charge in [-0.25, -0.2) is 4.79 Å². The number of methoxy groups -OCH3 is 1. The van der Waals surface area contributed by atoms with Gasteiger partial charge in [0.2, 0.25) is 0 Å². The van der Waals surface area contributed by atoms with Crippen LogP contribution in [0.3, 0.4) is 0 Å². The summed E-state index contributed by atoms with van der Waals surface area (Å²) in [4.78, 5) is 11.5. The molecule has 4 heteroatoms. The van der Waals surface area contributed by atoms with E-state index in [9.17, 15) is 4.79 Å². The van der Waals surface area contributed by atoms with E-state index in [4.69, 9.17) is 9.47 Å². The molecule has 1 atom stereocenters. The molecule has 0 fully saturated rings. The predicted molar refractivity (Wildman–Crippen MR) is 64.5 cm³/mol. The molecule has 16 heavy (non-hydrogen) atoms. The molecule has 0 aromatic carbocycles. The van der Waals surface area contributed by atoms with Crippen molar-refractivity contribution in [3.63, 3.8) is 0 Å². The van der Waals surface area contributed by atoms with E-state index in [1.165, 1.54) is 0 Å². The largest absolute Gasteiger partial charge is 0.444 e. The monoisotopic (exact) mass is 231 g/mol. The Morgan fingerprint density at radius 3 is 2.25 bits per heavy atom. The van der Waals surface area contributed by atoms with E-state index in [2.05, 4.69) is 19.2 Å². The van der Waals surface area contributed by atoms with Crippen molar-refractivity contribution >= 4 is 6.09 Å². The van der Waals surface area contributed by atoms with Gasteiger partial charge in [0.15, 0.2) is 0 Å². The Morgan fingerprint density at radius 2 is 1.88 bits per heavy atom. The number of amides is 1. The van der Waals surface area contributed by atoms with Crippen molar-refractivity contribution in [2.45, 2.75) is 52.7 Å². The lowest BCUT2D eigenvalue weighted by Gasteiger charge is -2.24. The molecule has 0 unspecified atom stereocenters. The van der Waals surface area contributed by atoms with Crippen molar-refractivity contribution in [2.75, 3.05) is 13.7 Å². The number of ether oxygens (including phenoxy) is 2. The molecule has 0 aliphatic carbocycles. The summed E-state index contributed by atoms with van der Waals surface area (Å²) in [5.41, 5.74) is -0.459. The summed E-state index contributed by atoms with van der Waals surface area (Å²) in [6.45, 7) is 10.3. The smallest absolute Gasteiger partial charge is 0.407 e. The van der Waals surface area contributed by atoms with E-state index in [-0.39, 0.29) is 12.1 Å². The van der Waals surface area contributed by atoms with Crippen molar-refractivity contribution in [3.05, 3.63) is 0 Å². The normalized spacial score (nSPS) is 13.7. The van der Waals surface area contributed by atoms with Gasteiger partial charge in [-0.1, -0.05) is 13.8 Å². The molecule has 0 rings (SSSR count). The highest BCUT2D eigenvalue weighted by Crippen LogP contribution is 2.09. The number of carbonyl (C=O) groups is 1. The van der Waals surface area contributed by atoms with Gasteiger partial charge in [0, 0.05) is 7.11 Å². The van der Waals surface area contributed by atoms with Crippen LogP contribution in [-0.2, 0) is 9.47 Å². The molecule has 0 bridgehead atoms. The Hall–Kier alpha value is -0.770. The minimum absolute atomic E-state index is 0.0137. The highest BCUT2D eigenvalue weighted by Gasteiger charge is 2.19. The number of carbonyl (C=O) groups excluding carboxylic acids is 1. The Morgan fingerprint density at radius 1 is 1.31 bits per heavy atom. The Kier molecular flexibility index (Phi) is 6.41. The van der Waals surface area contributed by atoms with E-state index in [0.29, 0.717) is 12.5 Å². The van der Waals surface area contributed by atoms with Crippen LogP contribution in [-0.4, -0.2) is 31.5 Å². The van der Waals surface area contributed by atoms with Crippen molar-refractivity contribution in [2.24, 2.45) is 5.92 Å². The third-order valence-electron chi connectivity index (χ3n) is 1.84. The molecule has 0 radical (unpaired) electrons. The van der Waals surface area contributed by atoms with Gasteiger partial charge in [-0.3, -0.25) is 0 Å². The second-order valence-electron chi connectivity index (χ2n) is 5.43. The zero-order valence-corrected chi connectivity index (χ0v) is 11.3. The first kappa shape index (κ1) is 15.2. The first-order valence-electron chi connectivity index (χ1n) is 5.73. The molecule has 0 aliphatic heterocycles. The summed E-state index contributed by atoms with van der Waals surface area (Å²) in [5, 5.41) is 2.82. The lowest BCUT2D eigenvalue weighted by atomic mass is 10.0. The third kappa shape index (κ3) is 8.53. The van der Waals surface area contributed by atoms with Gasteiger partial charge < -0.3 is 14.8 Å². The zero-order valence-electron chi connectivity index (χ0n) is 11.3. The van der Waals surface area contributed by atoms with Crippen LogP contribution in [0, 0.1) is 5.92 Å². The first-order chi connectivity index (χ1) is 7.24. The fraction of sp³-hybridized carbons (Fsp3) is 0.917. The zero-order chi connectivity index (χ0) is 12.8. The molecule has 0 saturated carbocycles. The SMILES string of the molecule is COC[C@@H](CC(C)C)NC(=O)OC(C)(C)C. The minimum Gasteiger partial charge on any atom is -0.444 e.